The number of nitrogens with one attached hydrogen (secondary N) is 1. The van der Waals surface area contributed by atoms with Gasteiger partial charge in [0.25, 0.3) is 11.6 Å². The van der Waals surface area contributed by atoms with Crippen LogP contribution < -0.4 is 10.2 Å². The van der Waals surface area contributed by atoms with Gasteiger partial charge in [0.05, 0.1) is 4.92 Å². The van der Waals surface area contributed by atoms with Gasteiger partial charge in [0, 0.05) is 53.9 Å². The second kappa shape index (κ2) is 9.25. The van der Waals surface area contributed by atoms with E-state index >= 15 is 0 Å². The topological polar surface area (TPSA) is 75.5 Å². The molecule has 0 aliphatic carbocycles. The molecule has 0 heterocycles. The number of hydrogen-bond donors (Lipinski definition) is 1. The van der Waals surface area contributed by atoms with Gasteiger partial charge in [-0.3, -0.25) is 14.9 Å². The Morgan fingerprint density at radius 3 is 2.04 bits per heavy atom. The average Bonchev–Trinajstić information content (AvgIpc) is 2.62. The lowest BCUT2D eigenvalue weighted by atomic mass is 10.2. The van der Waals surface area contributed by atoms with Crippen molar-refractivity contribution in [3.63, 3.8) is 0 Å². The molecule has 0 spiro atoms. The molecular formula is C17H17Cl2N3O3. The molecule has 25 heavy (non-hydrogen) atoms. The predicted molar refractivity (Wildman–Crippen MR) is 101 cm³/mol. The van der Waals surface area contributed by atoms with Crippen molar-refractivity contribution in [2.45, 2.75) is 0 Å². The van der Waals surface area contributed by atoms with Gasteiger partial charge in [-0.25, -0.2) is 0 Å². The van der Waals surface area contributed by atoms with Crippen LogP contribution in [0.3, 0.4) is 0 Å². The number of non-ortho nitro benzene ring substituents is 1. The van der Waals surface area contributed by atoms with Crippen LogP contribution in [0.2, 0.25) is 0 Å². The fourth-order valence-corrected chi connectivity index (χ4v) is 2.68. The first-order valence-electron chi connectivity index (χ1n) is 7.58. The van der Waals surface area contributed by atoms with E-state index in [1.165, 1.54) is 24.3 Å². The molecule has 0 bridgehead atoms. The van der Waals surface area contributed by atoms with Crippen molar-refractivity contribution in [3.05, 3.63) is 64.2 Å². The predicted octanol–water partition coefficient (Wildman–Crippen LogP) is 4.13. The summed E-state index contributed by atoms with van der Waals surface area (Å²) in [5, 5.41) is 13.4. The zero-order valence-corrected chi connectivity index (χ0v) is 14.8. The summed E-state index contributed by atoms with van der Waals surface area (Å²) >= 11 is 11.6. The van der Waals surface area contributed by atoms with Crippen molar-refractivity contribution in [2.75, 3.05) is 35.1 Å². The Morgan fingerprint density at radius 1 is 1.00 bits per heavy atom. The van der Waals surface area contributed by atoms with Gasteiger partial charge in [0.15, 0.2) is 0 Å². The van der Waals surface area contributed by atoms with Crippen LogP contribution in [0.25, 0.3) is 0 Å². The number of alkyl halides is 2. The van der Waals surface area contributed by atoms with Gasteiger partial charge in [-0.15, -0.1) is 23.2 Å². The fraction of sp³-hybridized carbons (Fsp3) is 0.235. The zero-order chi connectivity index (χ0) is 18.2. The van der Waals surface area contributed by atoms with Gasteiger partial charge < -0.3 is 10.2 Å². The first-order valence-corrected chi connectivity index (χ1v) is 8.65. The van der Waals surface area contributed by atoms with E-state index in [2.05, 4.69) is 10.2 Å². The number of halogens is 2. The standard InChI is InChI=1S/C17H17Cl2N3O3/c18-9-11-21(12-10-19)15-7-3-14(4-8-15)20-17(23)13-1-5-16(6-2-13)22(24)25/h1-8H,9-12H2,(H,20,23). The highest BCUT2D eigenvalue weighted by Gasteiger charge is 2.10. The van der Waals surface area contributed by atoms with Gasteiger partial charge >= 0.3 is 0 Å². The highest BCUT2D eigenvalue weighted by Crippen LogP contribution is 2.19. The van der Waals surface area contributed by atoms with Crippen LogP contribution in [0.15, 0.2) is 48.5 Å². The number of anilines is 2. The van der Waals surface area contributed by atoms with Gasteiger partial charge in [-0.1, -0.05) is 0 Å². The Kier molecular flexibility index (Phi) is 7.03. The Morgan fingerprint density at radius 2 is 1.56 bits per heavy atom. The number of amides is 1. The lowest BCUT2D eigenvalue weighted by Crippen LogP contribution is -2.27. The van der Waals surface area contributed by atoms with Crippen LogP contribution in [0.5, 0.6) is 0 Å². The number of carbonyl (C=O) groups excluding carboxylic acids is 1. The molecule has 132 valence electrons. The smallest absolute Gasteiger partial charge is 0.269 e. The van der Waals surface area contributed by atoms with Crippen molar-refractivity contribution in [3.8, 4) is 0 Å². The van der Waals surface area contributed by atoms with Crippen LogP contribution in [0.4, 0.5) is 17.1 Å². The van der Waals surface area contributed by atoms with Gasteiger partial charge in [0.1, 0.15) is 0 Å². The van der Waals surface area contributed by atoms with Crippen molar-refractivity contribution < 1.29 is 9.72 Å². The summed E-state index contributed by atoms with van der Waals surface area (Å²) in [7, 11) is 0. The Balaban J connectivity index is 2.04. The van der Waals surface area contributed by atoms with E-state index in [0.29, 0.717) is 36.1 Å². The second-order valence-corrected chi connectivity index (χ2v) is 5.93. The number of nitro groups is 1. The van der Waals surface area contributed by atoms with E-state index in [0.717, 1.165) is 5.69 Å². The molecule has 0 fully saturated rings. The summed E-state index contributed by atoms with van der Waals surface area (Å²) < 4.78 is 0. The molecule has 1 amide bonds. The Hall–Kier alpha value is -2.31. The molecule has 2 aromatic rings. The molecule has 1 N–H and O–H groups in total. The molecule has 0 saturated carbocycles. The molecule has 6 nitrogen and oxygen atoms in total. The SMILES string of the molecule is O=C(Nc1ccc(N(CCCl)CCCl)cc1)c1ccc([N+](=O)[O-])cc1. The van der Waals surface area contributed by atoms with Crippen molar-refractivity contribution >= 4 is 46.2 Å². The quantitative estimate of drug-likeness (QED) is 0.423. The van der Waals surface area contributed by atoms with Crippen LogP contribution in [0.1, 0.15) is 10.4 Å². The summed E-state index contributed by atoms with van der Waals surface area (Å²) in [5.74, 6) is 0.659. The molecule has 0 saturated heterocycles. The summed E-state index contributed by atoms with van der Waals surface area (Å²) in [6.07, 6.45) is 0. The number of nitro benzene ring substituents is 1. The number of hydrogen-bond acceptors (Lipinski definition) is 4. The highest BCUT2D eigenvalue weighted by atomic mass is 35.5. The minimum Gasteiger partial charge on any atom is -0.369 e. The van der Waals surface area contributed by atoms with Gasteiger partial charge in [0.2, 0.25) is 0 Å². The maximum atomic E-state index is 12.2. The molecule has 0 aliphatic rings. The lowest BCUT2D eigenvalue weighted by Gasteiger charge is -2.23. The van der Waals surface area contributed by atoms with Crippen molar-refractivity contribution in [2.24, 2.45) is 0 Å². The van der Waals surface area contributed by atoms with Crippen LogP contribution in [-0.4, -0.2) is 35.7 Å². The third-order valence-electron chi connectivity index (χ3n) is 3.54. The molecule has 2 aromatic carbocycles. The van der Waals surface area contributed by atoms with Gasteiger partial charge in [-0.05, 0) is 36.4 Å². The minimum absolute atomic E-state index is 0.0559. The van der Waals surface area contributed by atoms with E-state index in [9.17, 15) is 14.9 Å². The third kappa shape index (κ3) is 5.34. The lowest BCUT2D eigenvalue weighted by molar-refractivity contribution is -0.384. The maximum absolute atomic E-state index is 12.2. The van der Waals surface area contributed by atoms with Crippen molar-refractivity contribution in [1.82, 2.24) is 0 Å². The van der Waals surface area contributed by atoms with Crippen LogP contribution in [-0.2, 0) is 0 Å². The highest BCUT2D eigenvalue weighted by molar-refractivity contribution is 6.18. The van der Waals surface area contributed by atoms with Crippen LogP contribution in [0, 0.1) is 10.1 Å². The fourth-order valence-electron chi connectivity index (χ4n) is 2.27. The molecular weight excluding hydrogens is 365 g/mol. The second-order valence-electron chi connectivity index (χ2n) is 5.17. The average molecular weight is 382 g/mol. The summed E-state index contributed by atoms with van der Waals surface area (Å²) in [5.41, 5.74) is 1.89. The van der Waals surface area contributed by atoms with E-state index in [4.69, 9.17) is 23.2 Å². The molecule has 2 rings (SSSR count). The number of rotatable bonds is 8. The first-order chi connectivity index (χ1) is 12.0. The van der Waals surface area contributed by atoms with E-state index < -0.39 is 4.92 Å². The van der Waals surface area contributed by atoms with Crippen LogP contribution >= 0.6 is 23.2 Å². The largest absolute Gasteiger partial charge is 0.369 e. The summed E-state index contributed by atoms with van der Waals surface area (Å²) in [4.78, 5) is 24.4. The molecule has 0 unspecified atom stereocenters. The third-order valence-corrected chi connectivity index (χ3v) is 3.88. The molecule has 0 aromatic heterocycles. The molecule has 8 heteroatoms. The number of nitrogens with zero attached hydrogens (tertiary/aromatic N) is 2. The Bertz CT molecular complexity index is 715. The normalized spacial score (nSPS) is 10.3. The van der Waals surface area contributed by atoms with E-state index in [1.807, 2.05) is 12.1 Å². The first kappa shape index (κ1) is 19.0. The summed E-state index contributed by atoms with van der Waals surface area (Å²) in [6, 6.07) is 12.8. The molecule has 0 aliphatic heterocycles. The van der Waals surface area contributed by atoms with Gasteiger partial charge in [-0.2, -0.15) is 0 Å². The van der Waals surface area contributed by atoms with Crippen molar-refractivity contribution in [1.29, 1.82) is 0 Å². The molecule has 0 radical (unpaired) electrons. The maximum Gasteiger partial charge on any atom is 0.269 e. The summed E-state index contributed by atoms with van der Waals surface area (Å²) in [6.45, 7) is 1.37. The Labute approximate surface area is 155 Å². The monoisotopic (exact) mass is 381 g/mol. The minimum atomic E-state index is -0.506. The number of benzene rings is 2. The zero-order valence-electron chi connectivity index (χ0n) is 13.3. The molecule has 0 atom stereocenters. The van der Waals surface area contributed by atoms with E-state index in [1.54, 1.807) is 12.1 Å². The van der Waals surface area contributed by atoms with E-state index in [-0.39, 0.29) is 11.6 Å². The number of carbonyl (C=O) groups is 1.